The Morgan fingerprint density at radius 1 is 1.77 bits per heavy atom. The van der Waals surface area contributed by atoms with Crippen molar-refractivity contribution in [3.8, 4) is 0 Å². The molecule has 0 aliphatic carbocycles. The Labute approximate surface area is 83.7 Å². The van der Waals surface area contributed by atoms with Crippen LogP contribution < -0.4 is 5.32 Å². The van der Waals surface area contributed by atoms with Crippen LogP contribution in [-0.2, 0) is 6.54 Å². The van der Waals surface area contributed by atoms with Gasteiger partial charge in [-0.25, -0.2) is 4.98 Å². The summed E-state index contributed by atoms with van der Waals surface area (Å²) in [6.07, 6.45) is 4.18. The standard InChI is InChI=1S/C10H16N2S/c1-3-4-5-9(2)11-6-10-7-13-8-12-10/h3,7-9,11H,1,4-6H2,2H3. The Hall–Kier alpha value is -0.670. The van der Waals surface area contributed by atoms with Crippen LogP contribution in [0.3, 0.4) is 0 Å². The predicted octanol–water partition coefficient (Wildman–Crippen LogP) is 2.59. The van der Waals surface area contributed by atoms with Crippen molar-refractivity contribution in [1.82, 2.24) is 10.3 Å². The number of hydrogen-bond acceptors (Lipinski definition) is 3. The fourth-order valence-corrected chi connectivity index (χ4v) is 1.63. The summed E-state index contributed by atoms with van der Waals surface area (Å²) in [5.74, 6) is 0. The number of hydrogen-bond donors (Lipinski definition) is 1. The fraction of sp³-hybridized carbons (Fsp3) is 0.500. The van der Waals surface area contributed by atoms with E-state index in [-0.39, 0.29) is 0 Å². The van der Waals surface area contributed by atoms with Crippen LogP contribution in [0.5, 0.6) is 0 Å². The molecule has 1 aromatic heterocycles. The molecule has 1 unspecified atom stereocenters. The quantitative estimate of drug-likeness (QED) is 0.707. The van der Waals surface area contributed by atoms with Crippen molar-refractivity contribution < 1.29 is 0 Å². The highest BCUT2D eigenvalue weighted by atomic mass is 32.1. The molecule has 0 aliphatic heterocycles. The van der Waals surface area contributed by atoms with Gasteiger partial charge in [-0.05, 0) is 19.8 Å². The van der Waals surface area contributed by atoms with Crippen LogP contribution in [0.25, 0.3) is 0 Å². The molecule has 0 amide bonds. The molecule has 0 bridgehead atoms. The van der Waals surface area contributed by atoms with Gasteiger partial charge in [-0.3, -0.25) is 0 Å². The summed E-state index contributed by atoms with van der Waals surface area (Å²) in [4.78, 5) is 4.20. The molecule has 0 fully saturated rings. The van der Waals surface area contributed by atoms with Gasteiger partial charge < -0.3 is 5.32 Å². The molecular formula is C10H16N2S. The second-order valence-electron chi connectivity index (χ2n) is 3.13. The minimum absolute atomic E-state index is 0.541. The van der Waals surface area contributed by atoms with Gasteiger partial charge in [-0.1, -0.05) is 6.08 Å². The zero-order chi connectivity index (χ0) is 9.52. The van der Waals surface area contributed by atoms with Crippen molar-refractivity contribution >= 4 is 11.3 Å². The molecule has 0 saturated carbocycles. The van der Waals surface area contributed by atoms with Crippen molar-refractivity contribution in [3.05, 3.63) is 29.2 Å². The van der Waals surface area contributed by atoms with Gasteiger partial charge in [0.05, 0.1) is 11.2 Å². The van der Waals surface area contributed by atoms with Gasteiger partial charge in [-0.2, -0.15) is 0 Å². The number of aromatic nitrogens is 1. The van der Waals surface area contributed by atoms with Crippen LogP contribution in [0.4, 0.5) is 0 Å². The maximum Gasteiger partial charge on any atom is 0.0795 e. The molecule has 2 nitrogen and oxygen atoms in total. The summed E-state index contributed by atoms with van der Waals surface area (Å²) in [7, 11) is 0. The summed E-state index contributed by atoms with van der Waals surface area (Å²) in [5, 5.41) is 5.49. The molecule has 13 heavy (non-hydrogen) atoms. The lowest BCUT2D eigenvalue weighted by Gasteiger charge is -2.10. The minimum Gasteiger partial charge on any atom is -0.309 e. The van der Waals surface area contributed by atoms with Gasteiger partial charge in [0.15, 0.2) is 0 Å². The zero-order valence-electron chi connectivity index (χ0n) is 7.99. The first-order valence-corrected chi connectivity index (χ1v) is 5.48. The maximum atomic E-state index is 4.20. The lowest BCUT2D eigenvalue weighted by molar-refractivity contribution is 0.514. The largest absolute Gasteiger partial charge is 0.309 e. The molecule has 1 heterocycles. The van der Waals surface area contributed by atoms with Crippen LogP contribution in [0, 0.1) is 0 Å². The topological polar surface area (TPSA) is 24.9 Å². The maximum absolute atomic E-state index is 4.20. The van der Waals surface area contributed by atoms with Crippen molar-refractivity contribution in [3.63, 3.8) is 0 Å². The average molecular weight is 196 g/mol. The molecule has 72 valence electrons. The Morgan fingerprint density at radius 3 is 3.23 bits per heavy atom. The average Bonchev–Trinajstić information content (AvgIpc) is 2.64. The second-order valence-corrected chi connectivity index (χ2v) is 3.85. The van der Waals surface area contributed by atoms with Crippen molar-refractivity contribution in [1.29, 1.82) is 0 Å². The van der Waals surface area contributed by atoms with Gasteiger partial charge in [0.25, 0.3) is 0 Å². The molecular weight excluding hydrogens is 180 g/mol. The van der Waals surface area contributed by atoms with Crippen molar-refractivity contribution in [2.24, 2.45) is 0 Å². The smallest absolute Gasteiger partial charge is 0.0795 e. The number of rotatable bonds is 6. The SMILES string of the molecule is C=CCCC(C)NCc1cscn1. The first-order valence-electron chi connectivity index (χ1n) is 4.54. The molecule has 0 saturated heterocycles. The molecule has 0 radical (unpaired) electrons. The molecule has 1 aromatic rings. The van der Waals surface area contributed by atoms with Gasteiger partial charge >= 0.3 is 0 Å². The molecule has 1 rings (SSSR count). The Bertz CT molecular complexity index is 231. The van der Waals surface area contributed by atoms with E-state index in [4.69, 9.17) is 0 Å². The number of nitrogens with zero attached hydrogens (tertiary/aromatic N) is 1. The summed E-state index contributed by atoms with van der Waals surface area (Å²) in [6, 6.07) is 0.541. The third-order valence-electron chi connectivity index (χ3n) is 1.92. The molecule has 3 heteroatoms. The number of allylic oxidation sites excluding steroid dienone is 1. The lowest BCUT2D eigenvalue weighted by Crippen LogP contribution is -2.25. The van der Waals surface area contributed by atoms with E-state index in [2.05, 4.69) is 29.2 Å². The van der Waals surface area contributed by atoms with Crippen LogP contribution >= 0.6 is 11.3 Å². The third kappa shape index (κ3) is 4.20. The van der Waals surface area contributed by atoms with Crippen LogP contribution in [-0.4, -0.2) is 11.0 Å². The van der Waals surface area contributed by atoms with Crippen molar-refractivity contribution in [2.45, 2.75) is 32.4 Å². The Morgan fingerprint density at radius 2 is 2.62 bits per heavy atom. The minimum atomic E-state index is 0.541. The third-order valence-corrected chi connectivity index (χ3v) is 2.55. The van der Waals surface area contributed by atoms with E-state index in [1.165, 1.54) is 0 Å². The molecule has 0 aliphatic rings. The van der Waals surface area contributed by atoms with Gasteiger partial charge in [0.1, 0.15) is 0 Å². The van der Waals surface area contributed by atoms with Crippen LogP contribution in [0.2, 0.25) is 0 Å². The van der Waals surface area contributed by atoms with E-state index in [1.54, 1.807) is 11.3 Å². The molecule has 0 aromatic carbocycles. The van der Waals surface area contributed by atoms with Gasteiger partial charge in [-0.15, -0.1) is 17.9 Å². The van der Waals surface area contributed by atoms with Crippen LogP contribution in [0.1, 0.15) is 25.5 Å². The predicted molar refractivity (Wildman–Crippen MR) is 57.8 cm³/mol. The Kier molecular flexibility index (Phi) is 4.72. The first kappa shape index (κ1) is 10.4. The fourth-order valence-electron chi connectivity index (χ4n) is 1.07. The Balaban J connectivity index is 2.15. The van der Waals surface area contributed by atoms with E-state index >= 15 is 0 Å². The number of thiazole rings is 1. The highest BCUT2D eigenvalue weighted by Crippen LogP contribution is 2.02. The second kappa shape index (κ2) is 5.89. The summed E-state index contributed by atoms with van der Waals surface area (Å²) in [6.45, 7) is 6.77. The normalized spacial score (nSPS) is 12.7. The molecule has 1 N–H and O–H groups in total. The lowest BCUT2D eigenvalue weighted by atomic mass is 10.2. The van der Waals surface area contributed by atoms with E-state index in [9.17, 15) is 0 Å². The zero-order valence-corrected chi connectivity index (χ0v) is 8.81. The van der Waals surface area contributed by atoms with E-state index < -0.39 is 0 Å². The summed E-state index contributed by atoms with van der Waals surface area (Å²) < 4.78 is 0. The van der Waals surface area contributed by atoms with Gasteiger partial charge in [0.2, 0.25) is 0 Å². The molecule has 1 atom stereocenters. The van der Waals surface area contributed by atoms with E-state index in [0.29, 0.717) is 6.04 Å². The number of nitrogens with one attached hydrogen (secondary N) is 1. The summed E-state index contributed by atoms with van der Waals surface area (Å²) in [5.41, 5.74) is 3.00. The summed E-state index contributed by atoms with van der Waals surface area (Å²) >= 11 is 1.64. The molecule has 0 spiro atoms. The first-order chi connectivity index (χ1) is 6.33. The van der Waals surface area contributed by atoms with Gasteiger partial charge in [0, 0.05) is 18.0 Å². The van der Waals surface area contributed by atoms with E-state index in [0.717, 1.165) is 25.1 Å². The highest BCUT2D eigenvalue weighted by Gasteiger charge is 2.00. The van der Waals surface area contributed by atoms with Crippen molar-refractivity contribution in [2.75, 3.05) is 0 Å². The van der Waals surface area contributed by atoms with E-state index in [1.807, 2.05) is 11.6 Å². The monoisotopic (exact) mass is 196 g/mol. The van der Waals surface area contributed by atoms with Crippen LogP contribution in [0.15, 0.2) is 23.5 Å². The highest BCUT2D eigenvalue weighted by molar-refractivity contribution is 7.07.